The monoisotopic (exact) mass is 213 g/mol. The van der Waals surface area contributed by atoms with E-state index in [0.29, 0.717) is 12.5 Å². The summed E-state index contributed by atoms with van der Waals surface area (Å²) in [6.45, 7) is 3.07. The molecule has 0 aromatic heterocycles. The maximum atomic E-state index is 11.5. The Balaban J connectivity index is 2.13. The third-order valence-corrected chi connectivity index (χ3v) is 2.82. The molecule has 15 heavy (non-hydrogen) atoms. The molecule has 1 unspecified atom stereocenters. The molecule has 1 heterocycles. The average Bonchev–Trinajstić information content (AvgIpc) is 2.18. The van der Waals surface area contributed by atoms with E-state index in [0.717, 1.165) is 32.5 Å². The van der Waals surface area contributed by atoms with E-state index in [-0.39, 0.29) is 5.91 Å². The Kier molecular flexibility index (Phi) is 5.65. The highest BCUT2D eigenvalue weighted by atomic mass is 16.1. The number of amides is 1. The minimum atomic E-state index is 0.200. The molecule has 0 aliphatic carbocycles. The zero-order valence-electron chi connectivity index (χ0n) is 9.88. The third kappa shape index (κ3) is 5.14. The lowest BCUT2D eigenvalue weighted by atomic mass is 10.1. The molecule has 1 rings (SSSR count). The summed E-state index contributed by atoms with van der Waals surface area (Å²) in [6.07, 6.45) is 3.88. The SMILES string of the molecule is CNCCCC(=O)NC1CCCN(C)C1. The molecule has 0 radical (unpaired) electrons. The number of hydrogen-bond donors (Lipinski definition) is 2. The predicted octanol–water partition coefficient (Wildman–Crippen LogP) is 0.196. The molecule has 1 aliphatic heterocycles. The molecule has 1 fully saturated rings. The summed E-state index contributed by atoms with van der Waals surface area (Å²) >= 11 is 0. The molecule has 2 N–H and O–H groups in total. The standard InChI is InChI=1S/C11H23N3O/c1-12-7-3-6-11(15)13-10-5-4-8-14(2)9-10/h10,12H,3-9H2,1-2H3,(H,13,15). The van der Waals surface area contributed by atoms with Gasteiger partial charge < -0.3 is 15.5 Å². The average molecular weight is 213 g/mol. The van der Waals surface area contributed by atoms with Crippen LogP contribution in [-0.2, 0) is 4.79 Å². The van der Waals surface area contributed by atoms with Crippen molar-refractivity contribution in [1.29, 1.82) is 0 Å². The minimum absolute atomic E-state index is 0.200. The van der Waals surface area contributed by atoms with E-state index in [9.17, 15) is 4.79 Å². The summed E-state index contributed by atoms with van der Waals surface area (Å²) in [6, 6.07) is 0.367. The number of piperidine rings is 1. The first-order chi connectivity index (χ1) is 7.22. The molecular weight excluding hydrogens is 190 g/mol. The van der Waals surface area contributed by atoms with Crippen molar-refractivity contribution in [2.45, 2.75) is 31.7 Å². The molecule has 1 amide bonds. The summed E-state index contributed by atoms with van der Waals surface area (Å²) < 4.78 is 0. The summed E-state index contributed by atoms with van der Waals surface area (Å²) in [4.78, 5) is 13.8. The van der Waals surface area contributed by atoms with Crippen molar-refractivity contribution in [3.63, 3.8) is 0 Å². The molecule has 1 aliphatic rings. The molecular formula is C11H23N3O. The molecule has 1 saturated heterocycles. The number of nitrogens with zero attached hydrogens (tertiary/aromatic N) is 1. The second-order valence-corrected chi connectivity index (χ2v) is 4.38. The van der Waals surface area contributed by atoms with Gasteiger partial charge in [0.1, 0.15) is 0 Å². The smallest absolute Gasteiger partial charge is 0.220 e. The highest BCUT2D eigenvalue weighted by molar-refractivity contribution is 5.76. The summed E-state index contributed by atoms with van der Waals surface area (Å²) in [5.41, 5.74) is 0. The predicted molar refractivity (Wildman–Crippen MR) is 61.8 cm³/mol. The van der Waals surface area contributed by atoms with Crippen molar-refractivity contribution in [3.8, 4) is 0 Å². The second-order valence-electron chi connectivity index (χ2n) is 4.38. The number of carbonyl (C=O) groups is 1. The van der Waals surface area contributed by atoms with Crippen LogP contribution < -0.4 is 10.6 Å². The van der Waals surface area contributed by atoms with Gasteiger partial charge in [0, 0.05) is 19.0 Å². The Bertz CT molecular complexity index is 196. The number of hydrogen-bond acceptors (Lipinski definition) is 3. The first-order valence-electron chi connectivity index (χ1n) is 5.85. The van der Waals surface area contributed by atoms with E-state index >= 15 is 0 Å². The van der Waals surface area contributed by atoms with Crippen LogP contribution in [0.1, 0.15) is 25.7 Å². The van der Waals surface area contributed by atoms with Gasteiger partial charge in [-0.3, -0.25) is 4.79 Å². The van der Waals surface area contributed by atoms with E-state index in [4.69, 9.17) is 0 Å². The fourth-order valence-electron chi connectivity index (χ4n) is 2.01. The molecule has 4 nitrogen and oxygen atoms in total. The van der Waals surface area contributed by atoms with Crippen LogP contribution in [0, 0.1) is 0 Å². The number of rotatable bonds is 5. The Morgan fingerprint density at radius 2 is 2.33 bits per heavy atom. The first-order valence-corrected chi connectivity index (χ1v) is 5.85. The molecule has 0 aromatic rings. The van der Waals surface area contributed by atoms with Gasteiger partial charge in [0.05, 0.1) is 0 Å². The zero-order valence-corrected chi connectivity index (χ0v) is 9.88. The van der Waals surface area contributed by atoms with Crippen LogP contribution in [0.4, 0.5) is 0 Å². The number of nitrogens with one attached hydrogen (secondary N) is 2. The van der Waals surface area contributed by atoms with Gasteiger partial charge in [-0.1, -0.05) is 0 Å². The number of carbonyl (C=O) groups excluding carboxylic acids is 1. The minimum Gasteiger partial charge on any atom is -0.352 e. The van der Waals surface area contributed by atoms with Crippen LogP contribution in [0.2, 0.25) is 0 Å². The van der Waals surface area contributed by atoms with Gasteiger partial charge in [-0.05, 0) is 46.4 Å². The maximum Gasteiger partial charge on any atom is 0.220 e. The van der Waals surface area contributed by atoms with Crippen LogP contribution >= 0.6 is 0 Å². The van der Waals surface area contributed by atoms with Crippen LogP contribution in [0.5, 0.6) is 0 Å². The molecule has 4 heteroatoms. The largest absolute Gasteiger partial charge is 0.352 e. The fraction of sp³-hybridized carbons (Fsp3) is 0.909. The lowest BCUT2D eigenvalue weighted by Crippen LogP contribution is -2.46. The van der Waals surface area contributed by atoms with Crippen molar-refractivity contribution in [3.05, 3.63) is 0 Å². The van der Waals surface area contributed by atoms with Gasteiger partial charge in [-0.2, -0.15) is 0 Å². The highest BCUT2D eigenvalue weighted by Gasteiger charge is 2.18. The Hall–Kier alpha value is -0.610. The topological polar surface area (TPSA) is 44.4 Å². The Morgan fingerprint density at radius 1 is 1.53 bits per heavy atom. The van der Waals surface area contributed by atoms with Crippen LogP contribution in [0.15, 0.2) is 0 Å². The normalized spacial score (nSPS) is 22.7. The number of likely N-dealkylation sites (N-methyl/N-ethyl adjacent to an activating group) is 1. The molecule has 0 spiro atoms. The van der Waals surface area contributed by atoms with Gasteiger partial charge in [0.25, 0.3) is 0 Å². The lowest BCUT2D eigenvalue weighted by Gasteiger charge is -2.30. The van der Waals surface area contributed by atoms with Gasteiger partial charge >= 0.3 is 0 Å². The van der Waals surface area contributed by atoms with Gasteiger partial charge in [-0.25, -0.2) is 0 Å². The van der Waals surface area contributed by atoms with Crippen molar-refractivity contribution in [1.82, 2.24) is 15.5 Å². The van der Waals surface area contributed by atoms with Gasteiger partial charge in [0.2, 0.25) is 5.91 Å². The second kappa shape index (κ2) is 6.80. The van der Waals surface area contributed by atoms with E-state index in [1.807, 2.05) is 7.05 Å². The molecule has 0 aromatic carbocycles. The maximum absolute atomic E-state index is 11.5. The summed E-state index contributed by atoms with van der Waals surface area (Å²) in [5.74, 6) is 0.200. The third-order valence-electron chi connectivity index (χ3n) is 2.82. The van der Waals surface area contributed by atoms with Crippen LogP contribution in [-0.4, -0.2) is 50.6 Å². The number of likely N-dealkylation sites (tertiary alicyclic amines) is 1. The van der Waals surface area contributed by atoms with Crippen LogP contribution in [0.3, 0.4) is 0 Å². The first kappa shape index (κ1) is 12.5. The van der Waals surface area contributed by atoms with Crippen molar-refractivity contribution in [2.75, 3.05) is 33.7 Å². The van der Waals surface area contributed by atoms with Crippen LogP contribution in [0.25, 0.3) is 0 Å². The molecule has 88 valence electrons. The van der Waals surface area contributed by atoms with E-state index < -0.39 is 0 Å². The van der Waals surface area contributed by atoms with Crippen molar-refractivity contribution < 1.29 is 4.79 Å². The Morgan fingerprint density at radius 3 is 3.00 bits per heavy atom. The van der Waals surface area contributed by atoms with E-state index in [1.54, 1.807) is 0 Å². The highest BCUT2D eigenvalue weighted by Crippen LogP contribution is 2.07. The zero-order chi connectivity index (χ0) is 11.1. The quantitative estimate of drug-likeness (QED) is 0.641. The fourth-order valence-corrected chi connectivity index (χ4v) is 2.01. The van der Waals surface area contributed by atoms with Crippen molar-refractivity contribution >= 4 is 5.91 Å². The molecule has 0 saturated carbocycles. The van der Waals surface area contributed by atoms with Gasteiger partial charge in [-0.15, -0.1) is 0 Å². The molecule has 1 atom stereocenters. The van der Waals surface area contributed by atoms with Gasteiger partial charge in [0.15, 0.2) is 0 Å². The summed E-state index contributed by atoms with van der Waals surface area (Å²) in [5, 5.41) is 6.15. The van der Waals surface area contributed by atoms with Crippen molar-refractivity contribution in [2.24, 2.45) is 0 Å². The van der Waals surface area contributed by atoms with E-state index in [2.05, 4.69) is 22.6 Å². The van der Waals surface area contributed by atoms with E-state index in [1.165, 1.54) is 6.42 Å². The summed E-state index contributed by atoms with van der Waals surface area (Å²) in [7, 11) is 4.02. The lowest BCUT2D eigenvalue weighted by molar-refractivity contribution is -0.122. The molecule has 0 bridgehead atoms. The Labute approximate surface area is 92.4 Å².